The van der Waals surface area contributed by atoms with Gasteiger partial charge in [0.25, 0.3) is 0 Å². The molecule has 21 heavy (non-hydrogen) atoms. The Bertz CT molecular complexity index is 574. The predicted molar refractivity (Wildman–Crippen MR) is 83.8 cm³/mol. The molecule has 5 nitrogen and oxygen atoms in total. The smallest absolute Gasteiger partial charge is 0.245 e. The number of rotatable bonds is 5. The van der Waals surface area contributed by atoms with Crippen molar-refractivity contribution in [3.63, 3.8) is 0 Å². The highest BCUT2D eigenvalue weighted by atomic mass is 32.2. The number of aliphatic hydroxyl groups excluding tert-OH is 1. The van der Waals surface area contributed by atoms with Crippen LogP contribution in [0.3, 0.4) is 0 Å². The minimum atomic E-state index is -3.57. The van der Waals surface area contributed by atoms with Crippen LogP contribution in [0.2, 0.25) is 0 Å². The van der Waals surface area contributed by atoms with Gasteiger partial charge in [0, 0.05) is 19.6 Å². The van der Waals surface area contributed by atoms with E-state index >= 15 is 0 Å². The highest BCUT2D eigenvalue weighted by molar-refractivity contribution is 7.89. The molecule has 6 heteroatoms. The first-order chi connectivity index (χ1) is 9.96. The van der Waals surface area contributed by atoms with Crippen molar-refractivity contribution in [1.82, 2.24) is 4.31 Å². The summed E-state index contributed by atoms with van der Waals surface area (Å²) in [7, 11) is -3.57. The third-order valence-corrected chi connectivity index (χ3v) is 5.88. The molecule has 2 N–H and O–H groups in total. The van der Waals surface area contributed by atoms with Crippen molar-refractivity contribution >= 4 is 15.7 Å². The molecule has 1 fully saturated rings. The summed E-state index contributed by atoms with van der Waals surface area (Å²) in [6, 6.07) is 6.96. The SMILES string of the molecule is CCCNc1ccccc1S(=O)(=O)N1CCC(C)C(O)C1. The van der Waals surface area contributed by atoms with E-state index in [-0.39, 0.29) is 12.5 Å². The lowest BCUT2D eigenvalue weighted by Gasteiger charge is -2.33. The Balaban J connectivity index is 2.27. The zero-order valence-electron chi connectivity index (χ0n) is 12.6. The average Bonchev–Trinajstić information content (AvgIpc) is 2.48. The van der Waals surface area contributed by atoms with Gasteiger partial charge in [-0.15, -0.1) is 0 Å². The van der Waals surface area contributed by atoms with Crippen molar-refractivity contribution in [2.75, 3.05) is 25.0 Å². The molecule has 2 atom stereocenters. The Kier molecular flexibility index (Phi) is 5.24. The summed E-state index contributed by atoms with van der Waals surface area (Å²) < 4.78 is 27.0. The Morgan fingerprint density at radius 1 is 1.38 bits per heavy atom. The van der Waals surface area contributed by atoms with Crippen LogP contribution in [-0.4, -0.2) is 43.6 Å². The Morgan fingerprint density at radius 3 is 2.76 bits per heavy atom. The molecule has 118 valence electrons. The molecule has 0 saturated carbocycles. The van der Waals surface area contributed by atoms with Crippen molar-refractivity contribution in [1.29, 1.82) is 0 Å². The third-order valence-electron chi connectivity index (χ3n) is 3.95. The lowest BCUT2D eigenvalue weighted by molar-refractivity contribution is 0.0605. The average molecular weight is 312 g/mol. The zero-order valence-corrected chi connectivity index (χ0v) is 13.4. The summed E-state index contributed by atoms with van der Waals surface area (Å²) in [6.07, 6.45) is 1.02. The summed E-state index contributed by atoms with van der Waals surface area (Å²) in [5.74, 6) is 0.143. The molecule has 1 aromatic carbocycles. The maximum Gasteiger partial charge on any atom is 0.245 e. The molecular weight excluding hydrogens is 288 g/mol. The summed E-state index contributed by atoms with van der Waals surface area (Å²) in [4.78, 5) is 0.292. The molecule has 1 aromatic rings. The van der Waals surface area contributed by atoms with E-state index in [0.29, 0.717) is 23.5 Å². The van der Waals surface area contributed by atoms with E-state index in [1.54, 1.807) is 18.2 Å². The largest absolute Gasteiger partial charge is 0.391 e. The van der Waals surface area contributed by atoms with Gasteiger partial charge in [-0.3, -0.25) is 0 Å². The van der Waals surface area contributed by atoms with Gasteiger partial charge in [-0.25, -0.2) is 8.42 Å². The van der Waals surface area contributed by atoms with Gasteiger partial charge in [-0.05, 0) is 30.9 Å². The lowest BCUT2D eigenvalue weighted by atomic mass is 9.98. The quantitative estimate of drug-likeness (QED) is 0.871. The van der Waals surface area contributed by atoms with E-state index < -0.39 is 16.1 Å². The number of hydrogen-bond donors (Lipinski definition) is 2. The molecule has 0 aromatic heterocycles. The number of piperidine rings is 1. The summed E-state index contributed by atoms with van der Waals surface area (Å²) in [5, 5.41) is 13.1. The monoisotopic (exact) mass is 312 g/mol. The van der Waals surface area contributed by atoms with Crippen LogP contribution in [0.25, 0.3) is 0 Å². The van der Waals surface area contributed by atoms with E-state index in [1.807, 2.05) is 19.9 Å². The molecule has 0 radical (unpaired) electrons. The van der Waals surface area contributed by atoms with Crippen molar-refractivity contribution in [2.45, 2.75) is 37.7 Å². The molecule has 1 saturated heterocycles. The molecule has 2 rings (SSSR count). The minimum Gasteiger partial charge on any atom is -0.391 e. The minimum absolute atomic E-state index is 0.143. The van der Waals surface area contributed by atoms with Crippen LogP contribution in [0.4, 0.5) is 5.69 Å². The lowest BCUT2D eigenvalue weighted by Crippen LogP contribution is -2.45. The van der Waals surface area contributed by atoms with Gasteiger partial charge in [0.05, 0.1) is 11.8 Å². The van der Waals surface area contributed by atoms with Crippen LogP contribution >= 0.6 is 0 Å². The van der Waals surface area contributed by atoms with E-state index in [0.717, 1.165) is 13.0 Å². The second kappa shape index (κ2) is 6.77. The van der Waals surface area contributed by atoms with E-state index in [9.17, 15) is 13.5 Å². The number of para-hydroxylation sites is 1. The normalized spacial score (nSPS) is 24.0. The van der Waals surface area contributed by atoms with Gasteiger partial charge in [-0.2, -0.15) is 4.31 Å². The molecule has 2 unspecified atom stereocenters. The first kappa shape index (κ1) is 16.3. The van der Waals surface area contributed by atoms with Crippen LogP contribution in [0.5, 0.6) is 0 Å². The van der Waals surface area contributed by atoms with Crippen molar-refractivity contribution < 1.29 is 13.5 Å². The standard InChI is InChI=1S/C15H24N2O3S/c1-3-9-16-13-6-4-5-7-15(13)21(19,20)17-10-8-12(2)14(18)11-17/h4-7,12,14,16,18H,3,8-11H2,1-2H3. The fourth-order valence-corrected chi connectivity index (χ4v) is 4.12. The molecule has 0 bridgehead atoms. The number of hydrogen-bond acceptors (Lipinski definition) is 4. The molecular formula is C15H24N2O3S. The molecule has 0 spiro atoms. The maximum absolute atomic E-state index is 12.8. The molecule has 1 aliphatic rings. The molecule has 0 amide bonds. The fraction of sp³-hybridized carbons (Fsp3) is 0.600. The number of benzene rings is 1. The first-order valence-corrected chi connectivity index (χ1v) is 8.92. The topological polar surface area (TPSA) is 69.6 Å². The first-order valence-electron chi connectivity index (χ1n) is 7.48. The highest BCUT2D eigenvalue weighted by Gasteiger charge is 2.33. The van der Waals surface area contributed by atoms with Gasteiger partial charge in [0.15, 0.2) is 0 Å². The van der Waals surface area contributed by atoms with Crippen LogP contribution in [0.15, 0.2) is 29.2 Å². The number of anilines is 1. The van der Waals surface area contributed by atoms with Gasteiger partial charge < -0.3 is 10.4 Å². The van der Waals surface area contributed by atoms with Crippen LogP contribution in [0, 0.1) is 5.92 Å². The van der Waals surface area contributed by atoms with Crippen molar-refractivity contribution in [3.05, 3.63) is 24.3 Å². The number of nitrogens with zero attached hydrogens (tertiary/aromatic N) is 1. The van der Waals surface area contributed by atoms with Gasteiger partial charge in [0.1, 0.15) is 4.90 Å². The second-order valence-electron chi connectivity index (χ2n) is 5.62. The van der Waals surface area contributed by atoms with E-state index in [1.165, 1.54) is 4.31 Å². The number of sulfonamides is 1. The van der Waals surface area contributed by atoms with Crippen LogP contribution < -0.4 is 5.32 Å². The van der Waals surface area contributed by atoms with Gasteiger partial charge in [-0.1, -0.05) is 26.0 Å². The summed E-state index contributed by atoms with van der Waals surface area (Å²) >= 11 is 0. The van der Waals surface area contributed by atoms with Gasteiger partial charge >= 0.3 is 0 Å². The Labute approximate surface area is 127 Å². The molecule has 0 aliphatic carbocycles. The fourth-order valence-electron chi connectivity index (χ4n) is 2.47. The Morgan fingerprint density at radius 2 is 2.10 bits per heavy atom. The number of β-amino-alcohol motifs (C(OH)–C–C–N with tert-alkyl or cyclic N) is 1. The van der Waals surface area contributed by atoms with Crippen molar-refractivity contribution in [2.24, 2.45) is 5.92 Å². The summed E-state index contributed by atoms with van der Waals surface area (Å²) in [6.45, 7) is 5.35. The van der Waals surface area contributed by atoms with Crippen molar-refractivity contribution in [3.8, 4) is 0 Å². The van der Waals surface area contributed by atoms with Crippen LogP contribution in [0.1, 0.15) is 26.7 Å². The van der Waals surface area contributed by atoms with Gasteiger partial charge in [0.2, 0.25) is 10.0 Å². The maximum atomic E-state index is 12.8. The molecule has 1 heterocycles. The number of nitrogens with one attached hydrogen (secondary N) is 1. The predicted octanol–water partition coefficient (Wildman–Crippen LogP) is 1.90. The third kappa shape index (κ3) is 3.56. The number of aliphatic hydroxyl groups is 1. The van der Waals surface area contributed by atoms with Crippen LogP contribution in [-0.2, 0) is 10.0 Å². The highest BCUT2D eigenvalue weighted by Crippen LogP contribution is 2.28. The zero-order chi connectivity index (χ0) is 15.5. The second-order valence-corrected chi connectivity index (χ2v) is 7.53. The Hall–Kier alpha value is -1.11. The van der Waals surface area contributed by atoms with E-state index in [2.05, 4.69) is 5.32 Å². The van der Waals surface area contributed by atoms with E-state index in [4.69, 9.17) is 0 Å². The molecule has 1 aliphatic heterocycles. The summed E-state index contributed by atoms with van der Waals surface area (Å²) in [5.41, 5.74) is 0.632.